The van der Waals surface area contributed by atoms with Crippen LogP contribution < -0.4 is 15.5 Å². The van der Waals surface area contributed by atoms with E-state index in [1.165, 1.54) is 12.8 Å². The van der Waals surface area contributed by atoms with Crippen molar-refractivity contribution in [1.82, 2.24) is 15.5 Å². The number of hydrogen-bond acceptors (Lipinski definition) is 4. The molecule has 1 aliphatic carbocycles. The average molecular weight is 438 g/mol. The zero-order valence-electron chi connectivity index (χ0n) is 15.2. The molecule has 3 rings (SSSR count). The summed E-state index contributed by atoms with van der Waals surface area (Å²) in [5.74, 6) is 0.595. The minimum atomic E-state index is -0.119. The first kappa shape index (κ1) is 23.8. The van der Waals surface area contributed by atoms with Crippen molar-refractivity contribution >= 4 is 53.9 Å². The van der Waals surface area contributed by atoms with Crippen molar-refractivity contribution < 1.29 is 9.59 Å². The number of benzene rings is 1. The molecule has 1 saturated heterocycles. The second-order valence-electron chi connectivity index (χ2n) is 6.70. The molecular weight excluding hydrogens is 411 g/mol. The zero-order valence-corrected chi connectivity index (χ0v) is 17.5. The van der Waals surface area contributed by atoms with Gasteiger partial charge in [-0.1, -0.05) is 17.7 Å². The lowest BCUT2D eigenvalue weighted by Gasteiger charge is -2.36. The van der Waals surface area contributed by atoms with Crippen molar-refractivity contribution in [3.63, 3.8) is 0 Å². The zero-order chi connectivity index (χ0) is 17.6. The second-order valence-corrected chi connectivity index (χ2v) is 7.14. The molecule has 2 fully saturated rings. The first-order valence-corrected chi connectivity index (χ1v) is 9.25. The van der Waals surface area contributed by atoms with Crippen molar-refractivity contribution in [2.24, 2.45) is 5.92 Å². The molecule has 0 aromatic heterocycles. The Labute approximate surface area is 177 Å². The van der Waals surface area contributed by atoms with Gasteiger partial charge in [0.15, 0.2) is 0 Å². The summed E-state index contributed by atoms with van der Waals surface area (Å²) >= 11 is 6.03. The molecule has 152 valence electrons. The quantitative estimate of drug-likeness (QED) is 0.684. The Morgan fingerprint density at radius 1 is 1.07 bits per heavy atom. The largest absolute Gasteiger partial charge is 0.368 e. The summed E-state index contributed by atoms with van der Waals surface area (Å²) < 4.78 is 0. The smallest absolute Gasteiger partial charge is 0.242 e. The van der Waals surface area contributed by atoms with Crippen LogP contribution in [0.4, 0.5) is 5.69 Å². The average Bonchev–Trinajstić information content (AvgIpc) is 3.44. The van der Waals surface area contributed by atoms with Crippen molar-refractivity contribution in [2.45, 2.75) is 12.8 Å². The molecule has 1 aromatic carbocycles. The highest BCUT2D eigenvalue weighted by Gasteiger charge is 2.22. The van der Waals surface area contributed by atoms with Gasteiger partial charge in [0, 0.05) is 36.9 Å². The fourth-order valence-corrected chi connectivity index (χ4v) is 3.13. The molecule has 6 nitrogen and oxygen atoms in total. The Bertz CT molecular complexity index is 620. The Kier molecular flexibility index (Phi) is 10.2. The van der Waals surface area contributed by atoms with E-state index in [0.29, 0.717) is 18.1 Å². The highest BCUT2D eigenvalue weighted by molar-refractivity contribution is 6.30. The van der Waals surface area contributed by atoms with Gasteiger partial charge in [-0.3, -0.25) is 9.59 Å². The lowest BCUT2D eigenvalue weighted by molar-refractivity contribution is -0.132. The van der Waals surface area contributed by atoms with Crippen molar-refractivity contribution in [1.29, 1.82) is 0 Å². The number of hydrogen-bond donors (Lipinski definition) is 2. The van der Waals surface area contributed by atoms with Crippen LogP contribution in [0.5, 0.6) is 0 Å². The number of amides is 2. The van der Waals surface area contributed by atoms with Crippen LogP contribution in [0.2, 0.25) is 5.02 Å². The van der Waals surface area contributed by atoms with E-state index in [-0.39, 0.29) is 49.7 Å². The number of rotatable bonds is 7. The third kappa shape index (κ3) is 7.74. The van der Waals surface area contributed by atoms with Crippen LogP contribution in [0, 0.1) is 5.92 Å². The molecule has 1 aromatic rings. The van der Waals surface area contributed by atoms with Gasteiger partial charge in [-0.15, -0.1) is 24.8 Å². The summed E-state index contributed by atoms with van der Waals surface area (Å²) in [7, 11) is 0. The van der Waals surface area contributed by atoms with Crippen LogP contribution >= 0.6 is 36.4 Å². The van der Waals surface area contributed by atoms with Gasteiger partial charge < -0.3 is 20.4 Å². The predicted molar refractivity (Wildman–Crippen MR) is 113 cm³/mol. The van der Waals surface area contributed by atoms with Gasteiger partial charge in [-0.05, 0) is 43.5 Å². The molecule has 2 aliphatic rings. The lowest BCUT2D eigenvalue weighted by Crippen LogP contribution is -2.51. The molecule has 27 heavy (non-hydrogen) atoms. The number of piperazine rings is 1. The minimum absolute atomic E-state index is 0. The molecule has 1 saturated carbocycles. The second kappa shape index (κ2) is 11.6. The van der Waals surface area contributed by atoms with Crippen LogP contribution in [0.3, 0.4) is 0 Å². The number of carbonyl (C=O) groups excluding carboxylic acids is 2. The van der Waals surface area contributed by atoms with Crippen LogP contribution in [0.15, 0.2) is 24.3 Å². The fraction of sp³-hybridized carbons (Fsp3) is 0.556. The van der Waals surface area contributed by atoms with Crippen molar-refractivity contribution in [3.05, 3.63) is 29.3 Å². The van der Waals surface area contributed by atoms with Gasteiger partial charge in [0.1, 0.15) is 0 Å². The van der Waals surface area contributed by atoms with Crippen LogP contribution in [0.25, 0.3) is 0 Å². The fourth-order valence-electron chi connectivity index (χ4n) is 2.95. The molecule has 2 N–H and O–H groups in total. The van der Waals surface area contributed by atoms with Crippen LogP contribution in [-0.4, -0.2) is 62.5 Å². The van der Waals surface area contributed by atoms with Gasteiger partial charge in [0.25, 0.3) is 0 Å². The first-order chi connectivity index (χ1) is 12.1. The molecule has 2 amide bonds. The summed E-state index contributed by atoms with van der Waals surface area (Å²) in [6.45, 7) is 4.09. The lowest BCUT2D eigenvalue weighted by atomic mass is 10.2. The topological polar surface area (TPSA) is 64.7 Å². The minimum Gasteiger partial charge on any atom is -0.368 e. The van der Waals surface area contributed by atoms with Crippen molar-refractivity contribution in [2.75, 3.05) is 50.7 Å². The number of halogens is 3. The third-order valence-electron chi connectivity index (χ3n) is 4.66. The summed E-state index contributed by atoms with van der Waals surface area (Å²) in [5.41, 5.74) is 1.08. The van der Waals surface area contributed by atoms with Crippen molar-refractivity contribution in [3.8, 4) is 0 Å². The maximum Gasteiger partial charge on any atom is 0.242 e. The predicted octanol–water partition coefficient (Wildman–Crippen LogP) is 1.95. The van der Waals surface area contributed by atoms with E-state index in [4.69, 9.17) is 11.6 Å². The molecule has 0 atom stereocenters. The summed E-state index contributed by atoms with van der Waals surface area (Å²) in [4.78, 5) is 28.0. The molecule has 1 aliphatic heterocycles. The standard InChI is InChI=1S/C18H25ClN4O2.2ClH/c19-15-2-1-3-16(10-15)22-6-8-23(9-7-22)18(25)13-21-17(24)12-20-11-14-4-5-14;;/h1-3,10,14,20H,4-9,11-13H2,(H,21,24);2*1H. The van der Waals surface area contributed by atoms with E-state index in [9.17, 15) is 9.59 Å². The summed E-state index contributed by atoms with van der Waals surface area (Å²) in [6.07, 6.45) is 2.52. The van der Waals surface area contributed by atoms with Crippen LogP contribution in [-0.2, 0) is 9.59 Å². The van der Waals surface area contributed by atoms with Gasteiger partial charge in [-0.2, -0.15) is 0 Å². The first-order valence-electron chi connectivity index (χ1n) is 8.87. The summed E-state index contributed by atoms with van der Waals surface area (Å²) in [5, 5.41) is 6.54. The van der Waals surface area contributed by atoms with Gasteiger partial charge in [0.05, 0.1) is 13.1 Å². The van der Waals surface area contributed by atoms with E-state index in [1.807, 2.05) is 24.3 Å². The van der Waals surface area contributed by atoms with Gasteiger partial charge in [0.2, 0.25) is 11.8 Å². The third-order valence-corrected chi connectivity index (χ3v) is 4.89. The Morgan fingerprint density at radius 3 is 2.41 bits per heavy atom. The molecule has 1 heterocycles. The molecular formula is C18H27Cl3N4O2. The molecule has 0 bridgehead atoms. The maximum absolute atomic E-state index is 12.2. The van der Waals surface area contributed by atoms with E-state index in [0.717, 1.165) is 31.2 Å². The molecule has 9 heteroatoms. The molecule has 0 spiro atoms. The SMILES string of the molecule is Cl.Cl.O=C(CNCC1CC1)NCC(=O)N1CCN(c2cccc(Cl)c2)CC1. The van der Waals surface area contributed by atoms with E-state index in [2.05, 4.69) is 15.5 Å². The number of nitrogens with zero attached hydrogens (tertiary/aromatic N) is 2. The van der Waals surface area contributed by atoms with E-state index in [1.54, 1.807) is 4.90 Å². The van der Waals surface area contributed by atoms with E-state index >= 15 is 0 Å². The maximum atomic E-state index is 12.2. The Balaban J connectivity index is 0.00000182. The number of carbonyl (C=O) groups is 2. The van der Waals surface area contributed by atoms with Gasteiger partial charge >= 0.3 is 0 Å². The summed E-state index contributed by atoms with van der Waals surface area (Å²) in [6, 6.07) is 7.75. The van der Waals surface area contributed by atoms with Crippen LogP contribution in [0.1, 0.15) is 12.8 Å². The molecule has 0 unspecified atom stereocenters. The monoisotopic (exact) mass is 436 g/mol. The number of nitrogens with one attached hydrogen (secondary N) is 2. The normalized spacial score (nSPS) is 16.2. The number of anilines is 1. The highest BCUT2D eigenvalue weighted by atomic mass is 35.5. The van der Waals surface area contributed by atoms with E-state index < -0.39 is 0 Å². The molecule has 0 radical (unpaired) electrons. The van der Waals surface area contributed by atoms with Gasteiger partial charge in [-0.25, -0.2) is 0 Å². The Morgan fingerprint density at radius 2 is 1.78 bits per heavy atom. The highest BCUT2D eigenvalue weighted by Crippen LogP contribution is 2.27. The Hall–Kier alpha value is -1.21.